The van der Waals surface area contributed by atoms with Gasteiger partial charge in [-0.3, -0.25) is 4.79 Å². The van der Waals surface area contributed by atoms with Crippen molar-refractivity contribution < 1.29 is 18.7 Å². The summed E-state index contributed by atoms with van der Waals surface area (Å²) >= 11 is 0. The molecule has 114 valence electrons. The highest BCUT2D eigenvalue weighted by Crippen LogP contribution is 2.56. The fourth-order valence-electron chi connectivity index (χ4n) is 3.49. The molecule has 3 aliphatic heterocycles. The van der Waals surface area contributed by atoms with Gasteiger partial charge in [0.25, 0.3) is 0 Å². The molecule has 0 aliphatic carbocycles. The molecule has 3 saturated heterocycles. The van der Waals surface area contributed by atoms with Gasteiger partial charge < -0.3 is 13.9 Å². The van der Waals surface area contributed by atoms with Crippen molar-refractivity contribution in [2.24, 2.45) is 0 Å². The molecule has 3 aliphatic rings. The highest BCUT2D eigenvalue weighted by Gasteiger charge is 2.75. The molecule has 3 fully saturated rings. The van der Waals surface area contributed by atoms with Crippen LogP contribution in [0.3, 0.4) is 0 Å². The Kier molecular flexibility index (Phi) is 2.75. The van der Waals surface area contributed by atoms with E-state index in [-0.39, 0.29) is 29.1 Å². The van der Waals surface area contributed by atoms with Gasteiger partial charge in [-0.1, -0.05) is 20.8 Å². The number of rotatable bonds is 2. The summed E-state index contributed by atoms with van der Waals surface area (Å²) in [6.45, 7) is 15.1. The number of fused-ring (bicyclic) bond motifs is 1. The fraction of sp³-hybridized carbons (Fsp3) is 0.933. The Balaban J connectivity index is 1.86. The molecule has 0 aromatic rings. The lowest BCUT2D eigenvalue weighted by atomic mass is 9.83. The zero-order chi connectivity index (χ0) is 15.1. The van der Waals surface area contributed by atoms with E-state index in [1.165, 1.54) is 0 Å². The first-order valence-corrected chi connectivity index (χ1v) is 10.4. The topological polar surface area (TPSA) is 44.8 Å². The molecule has 0 N–H and O–H groups in total. The van der Waals surface area contributed by atoms with Crippen LogP contribution >= 0.6 is 0 Å². The van der Waals surface area contributed by atoms with E-state index in [9.17, 15) is 4.79 Å². The molecule has 3 rings (SSSR count). The van der Waals surface area contributed by atoms with Crippen molar-refractivity contribution in [1.29, 1.82) is 0 Å². The summed E-state index contributed by atoms with van der Waals surface area (Å²) in [7, 11) is -1.88. The van der Waals surface area contributed by atoms with Crippen LogP contribution in [0.5, 0.6) is 0 Å². The third-order valence-electron chi connectivity index (χ3n) is 5.75. The van der Waals surface area contributed by atoms with E-state index >= 15 is 0 Å². The molecule has 0 spiro atoms. The van der Waals surface area contributed by atoms with Gasteiger partial charge in [0, 0.05) is 6.42 Å². The standard InChI is InChI=1S/C15H26O4Si/c1-13(2,3)20(6,7)18-9-8-14(4)10(16)12-15(5,19-14)11(9)17-12/h9,11-12H,8H2,1-7H3/t9-,11-,12+,14-,15+/m0/s1. The van der Waals surface area contributed by atoms with Gasteiger partial charge in [-0.2, -0.15) is 0 Å². The van der Waals surface area contributed by atoms with Crippen LogP contribution in [0.2, 0.25) is 18.1 Å². The first-order valence-electron chi connectivity index (χ1n) is 7.48. The summed E-state index contributed by atoms with van der Waals surface area (Å²) in [5.74, 6) is 0.0950. The molecule has 3 heterocycles. The average Bonchev–Trinajstić information content (AvgIpc) is 2.33. The highest BCUT2D eigenvalue weighted by atomic mass is 28.4. The largest absolute Gasteiger partial charge is 0.411 e. The van der Waals surface area contributed by atoms with Crippen LogP contribution in [0, 0.1) is 0 Å². The quantitative estimate of drug-likeness (QED) is 0.735. The second kappa shape index (κ2) is 3.75. The monoisotopic (exact) mass is 298 g/mol. The van der Waals surface area contributed by atoms with Gasteiger partial charge in [0.15, 0.2) is 20.2 Å². The van der Waals surface area contributed by atoms with Crippen LogP contribution < -0.4 is 0 Å². The normalized spacial score (nSPS) is 47.4. The minimum absolute atomic E-state index is 0.0256. The van der Waals surface area contributed by atoms with Crippen molar-refractivity contribution in [3.63, 3.8) is 0 Å². The Morgan fingerprint density at radius 1 is 1.30 bits per heavy atom. The number of hydrogen-bond donors (Lipinski definition) is 0. The summed E-state index contributed by atoms with van der Waals surface area (Å²) in [6.07, 6.45) is 0.115. The molecular formula is C15H26O4Si. The summed E-state index contributed by atoms with van der Waals surface area (Å²) in [4.78, 5) is 12.4. The number of ketones is 1. The molecule has 0 radical (unpaired) electrons. The van der Waals surface area contributed by atoms with Crippen molar-refractivity contribution in [2.75, 3.05) is 0 Å². The van der Waals surface area contributed by atoms with Crippen LogP contribution in [-0.2, 0) is 18.7 Å². The Hall–Kier alpha value is -0.233. The Morgan fingerprint density at radius 3 is 2.45 bits per heavy atom. The number of hydrogen-bond acceptors (Lipinski definition) is 4. The van der Waals surface area contributed by atoms with Gasteiger partial charge in [0.2, 0.25) is 0 Å². The molecule has 0 saturated carbocycles. The molecule has 2 bridgehead atoms. The second-order valence-corrected chi connectivity index (χ2v) is 13.2. The minimum atomic E-state index is -1.88. The summed E-state index contributed by atoms with van der Waals surface area (Å²) in [6, 6.07) is 0. The molecule has 0 unspecified atom stereocenters. The Morgan fingerprint density at radius 2 is 1.90 bits per heavy atom. The summed E-state index contributed by atoms with van der Waals surface area (Å²) in [5, 5.41) is 0.152. The first kappa shape index (κ1) is 14.7. The summed E-state index contributed by atoms with van der Waals surface area (Å²) < 4.78 is 18.4. The zero-order valence-corrected chi connectivity index (χ0v) is 14.6. The molecule has 5 atom stereocenters. The maximum Gasteiger partial charge on any atom is 0.196 e. The Bertz CT molecular complexity index is 469. The smallest absolute Gasteiger partial charge is 0.196 e. The van der Waals surface area contributed by atoms with E-state index in [0.29, 0.717) is 6.42 Å². The summed E-state index contributed by atoms with van der Waals surface area (Å²) in [5.41, 5.74) is -1.20. The molecule has 4 nitrogen and oxygen atoms in total. The number of carbonyl (C=O) groups is 1. The van der Waals surface area contributed by atoms with Crippen LogP contribution in [0.15, 0.2) is 0 Å². The number of Topliss-reactive ketones (excluding diaryl/α,β-unsaturated/α-hetero) is 1. The molecule has 0 amide bonds. The molecule has 5 heteroatoms. The lowest BCUT2D eigenvalue weighted by molar-refractivity contribution is -0.320. The lowest BCUT2D eigenvalue weighted by Crippen LogP contribution is -2.70. The van der Waals surface area contributed by atoms with Crippen molar-refractivity contribution in [3.05, 3.63) is 0 Å². The van der Waals surface area contributed by atoms with E-state index in [4.69, 9.17) is 13.9 Å². The molecular weight excluding hydrogens is 272 g/mol. The van der Waals surface area contributed by atoms with Crippen molar-refractivity contribution in [2.45, 2.75) is 88.7 Å². The van der Waals surface area contributed by atoms with Gasteiger partial charge in [-0.25, -0.2) is 0 Å². The van der Waals surface area contributed by atoms with Gasteiger partial charge >= 0.3 is 0 Å². The van der Waals surface area contributed by atoms with Gasteiger partial charge in [-0.15, -0.1) is 0 Å². The SMILES string of the molecule is CC(C)(C)[Si](C)(C)O[C@H]1C[C@]2(C)O[C@@]3(C)[C@H](O[C@@H]13)C2=O. The minimum Gasteiger partial charge on any atom is -0.411 e. The molecule has 0 aromatic heterocycles. The predicted molar refractivity (Wildman–Crippen MR) is 78.3 cm³/mol. The van der Waals surface area contributed by atoms with Gasteiger partial charge in [-0.05, 0) is 32.0 Å². The lowest BCUT2D eigenvalue weighted by Gasteiger charge is -2.55. The van der Waals surface area contributed by atoms with Crippen molar-refractivity contribution in [1.82, 2.24) is 0 Å². The van der Waals surface area contributed by atoms with E-state index in [1.807, 2.05) is 13.8 Å². The third-order valence-corrected chi connectivity index (χ3v) is 10.3. The van der Waals surface area contributed by atoms with Crippen molar-refractivity contribution >= 4 is 14.1 Å². The molecule has 0 aromatic carbocycles. The highest BCUT2D eigenvalue weighted by molar-refractivity contribution is 6.74. The van der Waals surface area contributed by atoms with E-state index in [2.05, 4.69) is 33.9 Å². The zero-order valence-electron chi connectivity index (χ0n) is 13.6. The fourth-order valence-corrected chi connectivity index (χ4v) is 4.81. The van der Waals surface area contributed by atoms with Gasteiger partial charge in [0.1, 0.15) is 17.3 Å². The van der Waals surface area contributed by atoms with Crippen molar-refractivity contribution in [3.8, 4) is 0 Å². The van der Waals surface area contributed by atoms with Crippen LogP contribution in [-0.4, -0.2) is 43.6 Å². The van der Waals surface area contributed by atoms with E-state index in [0.717, 1.165) is 0 Å². The molecule has 20 heavy (non-hydrogen) atoms. The van der Waals surface area contributed by atoms with E-state index < -0.39 is 19.5 Å². The van der Waals surface area contributed by atoms with Crippen LogP contribution in [0.4, 0.5) is 0 Å². The average molecular weight is 298 g/mol. The number of carbonyl (C=O) groups excluding carboxylic acids is 1. The van der Waals surface area contributed by atoms with E-state index in [1.54, 1.807) is 0 Å². The van der Waals surface area contributed by atoms with Gasteiger partial charge in [0.05, 0.1) is 6.10 Å². The second-order valence-electron chi connectivity index (χ2n) is 8.44. The van der Waals surface area contributed by atoms with Crippen LogP contribution in [0.1, 0.15) is 41.0 Å². The maximum atomic E-state index is 12.4. The predicted octanol–water partition coefficient (Wildman–Crippen LogP) is 2.66. The number of ether oxygens (including phenoxy) is 2. The third kappa shape index (κ3) is 1.67. The first-order chi connectivity index (χ1) is 8.91. The maximum absolute atomic E-state index is 12.4. The van der Waals surface area contributed by atoms with Crippen LogP contribution in [0.25, 0.3) is 0 Å². The Labute approximate surface area is 122 Å².